The molecule has 1 fully saturated rings. The summed E-state index contributed by atoms with van der Waals surface area (Å²) in [5.41, 5.74) is 0.945. The Morgan fingerprint density at radius 3 is 2.50 bits per heavy atom. The number of aromatic hydroxyl groups is 1. The maximum absolute atomic E-state index is 13.7. The number of furan rings is 1. The molecular formula is C23H18FNO5. The van der Waals surface area contributed by atoms with Crippen LogP contribution in [-0.4, -0.2) is 26.8 Å². The molecule has 0 bridgehead atoms. The van der Waals surface area contributed by atoms with Crippen LogP contribution in [0.2, 0.25) is 0 Å². The van der Waals surface area contributed by atoms with E-state index in [1.807, 2.05) is 0 Å². The van der Waals surface area contributed by atoms with Gasteiger partial charge in [0.1, 0.15) is 23.1 Å². The molecule has 1 saturated heterocycles. The molecule has 0 spiro atoms. The van der Waals surface area contributed by atoms with Crippen LogP contribution in [0.3, 0.4) is 0 Å². The lowest BCUT2D eigenvalue weighted by Crippen LogP contribution is -2.29. The van der Waals surface area contributed by atoms with Crippen molar-refractivity contribution >= 4 is 17.4 Å². The molecule has 2 N–H and O–H groups in total. The molecule has 1 aromatic heterocycles. The van der Waals surface area contributed by atoms with Crippen molar-refractivity contribution in [1.29, 1.82) is 0 Å². The Hall–Kier alpha value is -3.87. The average molecular weight is 407 g/mol. The summed E-state index contributed by atoms with van der Waals surface area (Å²) in [4.78, 5) is 27.0. The number of amides is 1. The molecule has 2 aromatic carbocycles. The molecule has 1 atom stereocenters. The first-order chi connectivity index (χ1) is 14.4. The number of Topliss-reactive ketones (excluding diaryl/α,β-unsaturated/α-hetero) is 1. The molecule has 4 rings (SSSR count). The SMILES string of the molecule is Cc1cc(/C(O)=C2/C(=O)C(=O)N(Cc3ccco3)C2c2ccc(O)cc2)ccc1F. The van der Waals surface area contributed by atoms with Crippen molar-refractivity contribution in [2.45, 2.75) is 19.5 Å². The molecule has 152 valence electrons. The van der Waals surface area contributed by atoms with E-state index in [4.69, 9.17) is 4.42 Å². The summed E-state index contributed by atoms with van der Waals surface area (Å²) < 4.78 is 19.0. The Bertz CT molecular complexity index is 1150. The second kappa shape index (κ2) is 7.51. The van der Waals surface area contributed by atoms with Gasteiger partial charge in [-0.1, -0.05) is 12.1 Å². The molecule has 0 saturated carbocycles. The van der Waals surface area contributed by atoms with Gasteiger partial charge >= 0.3 is 0 Å². The van der Waals surface area contributed by atoms with Crippen LogP contribution < -0.4 is 0 Å². The number of phenolic OH excluding ortho intramolecular Hbond substituents is 1. The molecule has 6 nitrogen and oxygen atoms in total. The van der Waals surface area contributed by atoms with Crippen LogP contribution >= 0.6 is 0 Å². The van der Waals surface area contributed by atoms with Crippen molar-refractivity contribution in [2.24, 2.45) is 0 Å². The number of hydrogen-bond donors (Lipinski definition) is 2. The fraction of sp³-hybridized carbons (Fsp3) is 0.130. The molecule has 0 radical (unpaired) electrons. The Labute approximate surface area is 171 Å². The number of halogens is 1. The van der Waals surface area contributed by atoms with Crippen molar-refractivity contribution in [1.82, 2.24) is 4.90 Å². The first kappa shape index (κ1) is 19.4. The van der Waals surface area contributed by atoms with E-state index in [9.17, 15) is 24.2 Å². The van der Waals surface area contributed by atoms with Crippen molar-refractivity contribution < 1.29 is 28.6 Å². The number of ketones is 1. The number of aliphatic hydroxyl groups is 1. The van der Waals surface area contributed by atoms with Crippen molar-refractivity contribution in [3.05, 3.63) is 94.7 Å². The lowest BCUT2D eigenvalue weighted by molar-refractivity contribution is -0.140. The Kier molecular flexibility index (Phi) is 4.87. The highest BCUT2D eigenvalue weighted by molar-refractivity contribution is 6.46. The summed E-state index contributed by atoms with van der Waals surface area (Å²) in [6, 6.07) is 12.4. The van der Waals surface area contributed by atoms with Crippen LogP contribution in [0.4, 0.5) is 4.39 Å². The Morgan fingerprint density at radius 2 is 1.87 bits per heavy atom. The predicted octanol–water partition coefficient (Wildman–Crippen LogP) is 4.05. The van der Waals surface area contributed by atoms with Crippen LogP contribution in [0, 0.1) is 12.7 Å². The third-order valence-corrected chi connectivity index (χ3v) is 5.09. The number of aliphatic hydroxyl groups excluding tert-OH is 1. The van der Waals surface area contributed by atoms with Gasteiger partial charge in [-0.05, 0) is 60.5 Å². The molecule has 1 unspecified atom stereocenters. The monoisotopic (exact) mass is 407 g/mol. The summed E-state index contributed by atoms with van der Waals surface area (Å²) in [7, 11) is 0. The quantitative estimate of drug-likeness (QED) is 0.387. The highest BCUT2D eigenvalue weighted by Gasteiger charge is 2.46. The van der Waals surface area contributed by atoms with E-state index in [0.717, 1.165) is 0 Å². The molecule has 0 aliphatic carbocycles. The van der Waals surface area contributed by atoms with E-state index in [2.05, 4.69) is 0 Å². The zero-order valence-electron chi connectivity index (χ0n) is 16.0. The zero-order chi connectivity index (χ0) is 21.4. The van der Waals surface area contributed by atoms with E-state index in [0.29, 0.717) is 16.9 Å². The van der Waals surface area contributed by atoms with E-state index in [1.165, 1.54) is 41.5 Å². The number of hydrogen-bond acceptors (Lipinski definition) is 5. The topological polar surface area (TPSA) is 91.0 Å². The second-order valence-electron chi connectivity index (χ2n) is 7.06. The smallest absolute Gasteiger partial charge is 0.296 e. The summed E-state index contributed by atoms with van der Waals surface area (Å²) in [5.74, 6) is -1.98. The first-order valence-electron chi connectivity index (χ1n) is 9.23. The van der Waals surface area contributed by atoms with Gasteiger partial charge in [-0.15, -0.1) is 0 Å². The lowest BCUT2D eigenvalue weighted by atomic mass is 9.94. The number of rotatable bonds is 4. The minimum absolute atomic E-state index is 0.0162. The van der Waals surface area contributed by atoms with Crippen molar-refractivity contribution in [2.75, 3.05) is 0 Å². The molecule has 7 heteroatoms. The van der Waals surface area contributed by atoms with Crippen molar-refractivity contribution in [3.63, 3.8) is 0 Å². The van der Waals surface area contributed by atoms with Gasteiger partial charge in [-0.2, -0.15) is 0 Å². The molecule has 2 heterocycles. The number of carbonyl (C=O) groups is 2. The summed E-state index contributed by atoms with van der Waals surface area (Å²) >= 11 is 0. The molecule has 1 amide bonds. The summed E-state index contributed by atoms with van der Waals surface area (Å²) in [6.45, 7) is 1.56. The van der Waals surface area contributed by atoms with E-state index in [1.54, 1.807) is 31.2 Å². The third kappa shape index (κ3) is 3.34. The fourth-order valence-electron chi connectivity index (χ4n) is 3.56. The van der Waals surface area contributed by atoms with Crippen LogP contribution in [0.5, 0.6) is 5.75 Å². The minimum Gasteiger partial charge on any atom is -0.508 e. The second-order valence-corrected chi connectivity index (χ2v) is 7.06. The van der Waals surface area contributed by atoms with Gasteiger partial charge in [-0.25, -0.2) is 4.39 Å². The molecule has 1 aliphatic heterocycles. The van der Waals surface area contributed by atoms with Gasteiger partial charge in [0, 0.05) is 5.56 Å². The van der Waals surface area contributed by atoms with Crippen LogP contribution in [-0.2, 0) is 16.1 Å². The van der Waals surface area contributed by atoms with Gasteiger partial charge in [0.2, 0.25) is 0 Å². The van der Waals surface area contributed by atoms with E-state index >= 15 is 0 Å². The van der Waals surface area contributed by atoms with Crippen LogP contribution in [0.25, 0.3) is 5.76 Å². The van der Waals surface area contributed by atoms with Crippen molar-refractivity contribution in [3.8, 4) is 5.75 Å². The Morgan fingerprint density at radius 1 is 1.13 bits per heavy atom. The van der Waals surface area contributed by atoms with Crippen LogP contribution in [0.15, 0.2) is 70.9 Å². The van der Waals surface area contributed by atoms with E-state index in [-0.39, 0.29) is 23.4 Å². The number of carbonyl (C=O) groups excluding carboxylic acids is 2. The molecule has 3 aromatic rings. The predicted molar refractivity (Wildman–Crippen MR) is 106 cm³/mol. The number of benzene rings is 2. The lowest BCUT2D eigenvalue weighted by Gasteiger charge is -2.24. The van der Waals surface area contributed by atoms with Gasteiger partial charge in [-0.3, -0.25) is 9.59 Å². The highest BCUT2D eigenvalue weighted by Crippen LogP contribution is 2.40. The average Bonchev–Trinajstić information content (AvgIpc) is 3.33. The largest absolute Gasteiger partial charge is 0.508 e. The normalized spacial score (nSPS) is 18.2. The van der Waals surface area contributed by atoms with Gasteiger partial charge in [0.05, 0.1) is 24.4 Å². The number of nitrogens with zero attached hydrogens (tertiary/aromatic N) is 1. The Balaban J connectivity index is 1.87. The highest BCUT2D eigenvalue weighted by atomic mass is 19.1. The molecule has 30 heavy (non-hydrogen) atoms. The number of aryl methyl sites for hydroxylation is 1. The maximum atomic E-state index is 13.7. The first-order valence-corrected chi connectivity index (χ1v) is 9.23. The standard InChI is InChI=1S/C23H18FNO5/c1-13-11-15(6-9-18(13)24)21(27)19-20(14-4-7-16(26)8-5-14)25(23(29)22(19)28)12-17-3-2-10-30-17/h2-11,20,26-27H,12H2,1H3/b21-19-. The molecular weight excluding hydrogens is 389 g/mol. The summed E-state index contributed by atoms with van der Waals surface area (Å²) in [5, 5.41) is 20.6. The number of phenols is 1. The summed E-state index contributed by atoms with van der Waals surface area (Å²) in [6.07, 6.45) is 1.46. The van der Waals surface area contributed by atoms with Gasteiger partial charge in [0.25, 0.3) is 11.7 Å². The molecule has 1 aliphatic rings. The third-order valence-electron chi connectivity index (χ3n) is 5.09. The van der Waals surface area contributed by atoms with E-state index < -0.39 is 29.3 Å². The van der Waals surface area contributed by atoms with Gasteiger partial charge < -0.3 is 19.5 Å². The van der Waals surface area contributed by atoms with Crippen LogP contribution in [0.1, 0.15) is 28.5 Å². The number of likely N-dealkylation sites (tertiary alicyclic amines) is 1. The fourth-order valence-corrected chi connectivity index (χ4v) is 3.56. The zero-order valence-corrected chi connectivity index (χ0v) is 16.0. The maximum Gasteiger partial charge on any atom is 0.296 e. The van der Waals surface area contributed by atoms with Gasteiger partial charge in [0.15, 0.2) is 0 Å². The minimum atomic E-state index is -0.902.